The van der Waals surface area contributed by atoms with Crippen LogP contribution in [0.2, 0.25) is 0 Å². The minimum absolute atomic E-state index is 0.283. The van der Waals surface area contributed by atoms with Crippen molar-refractivity contribution in [3.05, 3.63) is 89.5 Å². The molecule has 0 aliphatic rings. The number of aryl methyl sites for hydroxylation is 1. The quantitative estimate of drug-likeness (QED) is 0.154. The van der Waals surface area contributed by atoms with Crippen molar-refractivity contribution in [3.8, 4) is 17.2 Å². The lowest BCUT2D eigenvalue weighted by atomic mass is 10.1. The zero-order valence-electron chi connectivity index (χ0n) is 20.1. The first kappa shape index (κ1) is 25.8. The van der Waals surface area contributed by atoms with Crippen LogP contribution in [0.4, 0.5) is 0 Å². The molecule has 184 valence electrons. The molecular weight excluding hydrogens is 444 g/mol. The first-order valence-corrected chi connectivity index (χ1v) is 12.0. The number of hydrogen-bond acceptors (Lipinski definition) is 6. The van der Waals surface area contributed by atoms with Crippen molar-refractivity contribution in [1.82, 2.24) is 0 Å². The fourth-order valence-corrected chi connectivity index (χ4v) is 3.43. The average molecular weight is 477 g/mol. The summed E-state index contributed by atoms with van der Waals surface area (Å²) in [7, 11) is 0. The Bertz CT molecular complexity index is 1050. The van der Waals surface area contributed by atoms with Crippen molar-refractivity contribution in [3.63, 3.8) is 0 Å². The number of hydrogen-bond donors (Lipinski definition) is 0. The molecule has 0 N–H and O–H groups in total. The van der Waals surface area contributed by atoms with Gasteiger partial charge in [-0.25, -0.2) is 4.79 Å². The van der Waals surface area contributed by atoms with E-state index < -0.39 is 5.97 Å². The number of rotatable bonds is 15. The molecule has 0 fully saturated rings. The Morgan fingerprint density at radius 3 is 2.09 bits per heavy atom. The van der Waals surface area contributed by atoms with Gasteiger partial charge in [0.1, 0.15) is 17.2 Å². The number of benzene rings is 3. The molecule has 3 aromatic rings. The number of para-hydroxylation sites is 1. The number of aldehydes is 1. The van der Waals surface area contributed by atoms with Gasteiger partial charge in [0.2, 0.25) is 0 Å². The zero-order valence-corrected chi connectivity index (χ0v) is 20.1. The Morgan fingerprint density at radius 2 is 1.43 bits per heavy atom. The van der Waals surface area contributed by atoms with E-state index in [2.05, 4.69) is 12.1 Å². The molecule has 0 amide bonds. The van der Waals surface area contributed by atoms with Crippen LogP contribution in [-0.4, -0.2) is 38.7 Å². The Balaban J connectivity index is 1.32. The van der Waals surface area contributed by atoms with Crippen LogP contribution < -0.4 is 14.2 Å². The van der Waals surface area contributed by atoms with Crippen LogP contribution in [0, 0.1) is 0 Å². The summed E-state index contributed by atoms with van der Waals surface area (Å²) in [5, 5.41) is 0. The largest absolute Gasteiger partial charge is 0.494 e. The van der Waals surface area contributed by atoms with E-state index in [0.29, 0.717) is 43.0 Å². The van der Waals surface area contributed by atoms with Crippen molar-refractivity contribution in [2.45, 2.75) is 32.6 Å². The van der Waals surface area contributed by atoms with Gasteiger partial charge in [0.05, 0.1) is 37.6 Å². The maximum atomic E-state index is 11.8. The van der Waals surface area contributed by atoms with E-state index in [1.54, 1.807) is 19.1 Å². The topological polar surface area (TPSA) is 71.1 Å². The third kappa shape index (κ3) is 8.81. The summed E-state index contributed by atoms with van der Waals surface area (Å²) in [5.41, 5.74) is 1.86. The van der Waals surface area contributed by atoms with Crippen LogP contribution in [-0.2, 0) is 11.2 Å². The lowest BCUT2D eigenvalue weighted by Crippen LogP contribution is -2.07. The molecule has 0 unspecified atom stereocenters. The molecule has 0 bridgehead atoms. The van der Waals surface area contributed by atoms with Gasteiger partial charge < -0.3 is 18.9 Å². The second-order valence-corrected chi connectivity index (χ2v) is 7.90. The first-order valence-electron chi connectivity index (χ1n) is 12.0. The second-order valence-electron chi connectivity index (χ2n) is 7.90. The number of esters is 1. The maximum absolute atomic E-state index is 11.8. The van der Waals surface area contributed by atoms with E-state index in [9.17, 15) is 9.59 Å². The zero-order chi connectivity index (χ0) is 24.7. The molecular formula is C29H32O6. The van der Waals surface area contributed by atoms with Crippen LogP contribution in [0.3, 0.4) is 0 Å². The maximum Gasteiger partial charge on any atom is 0.338 e. The Morgan fingerprint density at radius 1 is 0.771 bits per heavy atom. The molecule has 6 heteroatoms. The highest BCUT2D eigenvalue weighted by molar-refractivity contribution is 5.92. The molecule has 0 aromatic heterocycles. The monoisotopic (exact) mass is 476 g/mol. The van der Waals surface area contributed by atoms with Crippen molar-refractivity contribution in [2.24, 2.45) is 0 Å². The van der Waals surface area contributed by atoms with Gasteiger partial charge >= 0.3 is 5.97 Å². The Labute approximate surface area is 206 Å². The highest BCUT2D eigenvalue weighted by atomic mass is 16.5. The van der Waals surface area contributed by atoms with Gasteiger partial charge in [0.15, 0.2) is 6.29 Å². The number of carbonyl (C=O) groups is 2. The Kier molecular flexibility index (Phi) is 10.7. The van der Waals surface area contributed by atoms with Crippen LogP contribution in [0.1, 0.15) is 52.5 Å². The predicted molar refractivity (Wildman–Crippen MR) is 135 cm³/mol. The number of carbonyl (C=O) groups excluding carboxylic acids is 2. The van der Waals surface area contributed by atoms with E-state index in [0.717, 1.165) is 37.2 Å². The molecule has 0 aliphatic carbocycles. The summed E-state index contributed by atoms with van der Waals surface area (Å²) < 4.78 is 22.2. The highest BCUT2D eigenvalue weighted by Crippen LogP contribution is 2.20. The van der Waals surface area contributed by atoms with Gasteiger partial charge in [-0.2, -0.15) is 0 Å². The van der Waals surface area contributed by atoms with Gasteiger partial charge in [-0.1, -0.05) is 30.3 Å². The fourth-order valence-electron chi connectivity index (χ4n) is 3.43. The molecule has 0 saturated carbocycles. The summed E-state index contributed by atoms with van der Waals surface area (Å²) in [4.78, 5) is 23.2. The molecule has 0 saturated heterocycles. The minimum Gasteiger partial charge on any atom is -0.494 e. The summed E-state index contributed by atoms with van der Waals surface area (Å²) in [6.07, 6.45) is 4.18. The van der Waals surface area contributed by atoms with Gasteiger partial charge in [-0.15, -0.1) is 0 Å². The lowest BCUT2D eigenvalue weighted by molar-refractivity contribution is 0.0526. The van der Waals surface area contributed by atoms with Gasteiger partial charge in [-0.3, -0.25) is 4.79 Å². The SMILES string of the molecule is CCOC(=O)c1ccc(OCCCc2ccc(OCCCCOc3ccccc3)cc2)c(C=O)c1. The van der Waals surface area contributed by atoms with E-state index >= 15 is 0 Å². The molecule has 0 aliphatic heterocycles. The standard InChI is InChI=1S/C29H32O6/c1-2-32-29(31)24-14-17-28(25(21-24)22-30)35-20-8-9-23-12-15-27(16-13-23)34-19-7-6-18-33-26-10-4-3-5-11-26/h3-5,10-17,21-22H,2,6-9,18-20H2,1H3. The predicted octanol–water partition coefficient (Wildman–Crippen LogP) is 5.93. The summed E-state index contributed by atoms with van der Waals surface area (Å²) in [5.74, 6) is 1.76. The summed E-state index contributed by atoms with van der Waals surface area (Å²) in [6.45, 7) is 3.81. The van der Waals surface area contributed by atoms with E-state index in [1.165, 1.54) is 11.6 Å². The summed E-state index contributed by atoms with van der Waals surface area (Å²) in [6, 6.07) is 22.6. The van der Waals surface area contributed by atoms with Crippen LogP contribution in [0.15, 0.2) is 72.8 Å². The highest BCUT2D eigenvalue weighted by Gasteiger charge is 2.11. The molecule has 0 atom stereocenters. The molecule has 0 spiro atoms. The average Bonchev–Trinajstić information content (AvgIpc) is 2.90. The smallest absolute Gasteiger partial charge is 0.338 e. The van der Waals surface area contributed by atoms with Crippen molar-refractivity contribution in [2.75, 3.05) is 26.4 Å². The normalized spacial score (nSPS) is 10.4. The van der Waals surface area contributed by atoms with Crippen LogP contribution in [0.5, 0.6) is 17.2 Å². The fraction of sp³-hybridized carbons (Fsp3) is 0.310. The molecule has 35 heavy (non-hydrogen) atoms. The third-order valence-electron chi connectivity index (χ3n) is 5.26. The van der Waals surface area contributed by atoms with E-state index in [4.69, 9.17) is 18.9 Å². The molecule has 3 rings (SSSR count). The summed E-state index contributed by atoms with van der Waals surface area (Å²) >= 11 is 0. The molecule has 0 heterocycles. The lowest BCUT2D eigenvalue weighted by Gasteiger charge is -2.10. The minimum atomic E-state index is -0.452. The van der Waals surface area contributed by atoms with Gasteiger partial charge in [0.25, 0.3) is 0 Å². The van der Waals surface area contributed by atoms with E-state index in [1.807, 2.05) is 42.5 Å². The van der Waals surface area contributed by atoms with Crippen LogP contribution >= 0.6 is 0 Å². The van der Waals surface area contributed by atoms with Crippen molar-refractivity contribution < 1.29 is 28.5 Å². The molecule has 0 radical (unpaired) electrons. The first-order chi connectivity index (χ1) is 17.2. The van der Waals surface area contributed by atoms with Gasteiger partial charge in [0, 0.05) is 0 Å². The van der Waals surface area contributed by atoms with Gasteiger partial charge in [-0.05, 0) is 80.6 Å². The molecule has 3 aromatic carbocycles. The van der Waals surface area contributed by atoms with Crippen molar-refractivity contribution >= 4 is 12.3 Å². The number of unbranched alkanes of at least 4 members (excludes halogenated alkanes) is 1. The third-order valence-corrected chi connectivity index (χ3v) is 5.26. The Hall–Kier alpha value is -3.80. The number of ether oxygens (including phenoxy) is 4. The van der Waals surface area contributed by atoms with E-state index in [-0.39, 0.29) is 6.61 Å². The molecule has 6 nitrogen and oxygen atoms in total. The second kappa shape index (κ2) is 14.5. The van der Waals surface area contributed by atoms with Crippen LogP contribution in [0.25, 0.3) is 0 Å². The van der Waals surface area contributed by atoms with Crippen molar-refractivity contribution in [1.29, 1.82) is 0 Å².